The number of benzene rings is 3. The van der Waals surface area contributed by atoms with Gasteiger partial charge in [0.05, 0.1) is 17.6 Å². The monoisotopic (exact) mass is 561 g/mol. The molecule has 0 unspecified atom stereocenters. The van der Waals surface area contributed by atoms with Crippen molar-refractivity contribution in [1.82, 2.24) is 29.6 Å². The lowest BCUT2D eigenvalue weighted by atomic mass is 9.79. The van der Waals surface area contributed by atoms with Crippen molar-refractivity contribution >= 4 is 32.6 Å². The number of aromatic nitrogens is 5. The van der Waals surface area contributed by atoms with E-state index in [2.05, 4.69) is 39.0 Å². The van der Waals surface area contributed by atoms with E-state index in [1.165, 1.54) is 35.5 Å². The van der Waals surface area contributed by atoms with Gasteiger partial charge in [-0.1, -0.05) is 12.1 Å². The number of phenolic OH excluding ortho intramolecular Hbond substituents is 1. The Morgan fingerprint density at radius 3 is 2.69 bits per heavy atom. The zero-order valence-corrected chi connectivity index (χ0v) is 22.6. The second-order valence-corrected chi connectivity index (χ2v) is 11.3. The molecule has 3 fully saturated rings. The lowest BCUT2D eigenvalue weighted by molar-refractivity contribution is 0.223. The van der Waals surface area contributed by atoms with E-state index in [9.17, 15) is 14.8 Å². The molecule has 3 aromatic heterocycles. The Hall–Kier alpha value is -4.88. The summed E-state index contributed by atoms with van der Waals surface area (Å²) in [5.74, 6) is -0.403. The summed E-state index contributed by atoms with van der Waals surface area (Å²) in [6.45, 7) is 3.00. The first-order valence-corrected chi connectivity index (χ1v) is 14.0. The number of nitriles is 1. The van der Waals surface area contributed by atoms with Crippen molar-refractivity contribution in [2.45, 2.75) is 38.3 Å². The van der Waals surface area contributed by atoms with Gasteiger partial charge in [-0.25, -0.2) is 23.4 Å². The van der Waals surface area contributed by atoms with Crippen molar-refractivity contribution in [3.63, 3.8) is 0 Å². The molecule has 2 saturated heterocycles. The van der Waals surface area contributed by atoms with Crippen LogP contribution in [-0.2, 0) is 6.42 Å². The van der Waals surface area contributed by atoms with Crippen LogP contribution in [0.4, 0.5) is 8.78 Å². The summed E-state index contributed by atoms with van der Waals surface area (Å²) in [6, 6.07) is 14.1. The molecule has 42 heavy (non-hydrogen) atoms. The number of aromatic hydroxyl groups is 1. The van der Waals surface area contributed by atoms with Crippen LogP contribution in [-0.4, -0.2) is 42.0 Å². The number of fused-ring (bicyclic) bond motifs is 5. The molecule has 6 aromatic rings. The van der Waals surface area contributed by atoms with E-state index in [0.717, 1.165) is 29.6 Å². The van der Waals surface area contributed by atoms with Gasteiger partial charge in [-0.15, -0.1) is 0 Å². The van der Waals surface area contributed by atoms with Gasteiger partial charge >= 0.3 is 0 Å². The molecule has 10 heteroatoms. The van der Waals surface area contributed by atoms with E-state index in [-0.39, 0.29) is 41.3 Å². The maximum absolute atomic E-state index is 17.2. The summed E-state index contributed by atoms with van der Waals surface area (Å²) in [5.41, 5.74) is 2.83. The molecule has 208 valence electrons. The zero-order chi connectivity index (χ0) is 28.7. The lowest BCUT2D eigenvalue weighted by Crippen LogP contribution is -2.39. The summed E-state index contributed by atoms with van der Waals surface area (Å²) >= 11 is 0. The van der Waals surface area contributed by atoms with Crippen LogP contribution in [0.15, 0.2) is 55.1 Å². The summed E-state index contributed by atoms with van der Waals surface area (Å²) < 4.78 is 35.5. The molecule has 5 heterocycles. The first-order chi connectivity index (χ1) is 20.4. The van der Waals surface area contributed by atoms with Crippen molar-refractivity contribution in [3.05, 3.63) is 78.0 Å². The number of pyridine rings is 1. The van der Waals surface area contributed by atoms with Crippen LogP contribution in [0.3, 0.4) is 0 Å². The fourth-order valence-corrected chi connectivity index (χ4v) is 7.16. The Morgan fingerprint density at radius 1 is 1.10 bits per heavy atom. The highest BCUT2D eigenvalue weighted by atomic mass is 19.1. The molecule has 3 atom stereocenters. The number of halogens is 2. The number of nitrogens with one attached hydrogen (secondary N) is 1. The molecular weight excluding hydrogens is 536 g/mol. The molecule has 9 rings (SSSR count). The van der Waals surface area contributed by atoms with Gasteiger partial charge in [0, 0.05) is 46.6 Å². The summed E-state index contributed by atoms with van der Waals surface area (Å²) in [4.78, 5) is 8.93. The zero-order valence-electron chi connectivity index (χ0n) is 22.6. The Labute approximate surface area is 238 Å². The van der Waals surface area contributed by atoms with Gasteiger partial charge < -0.3 is 15.0 Å². The summed E-state index contributed by atoms with van der Waals surface area (Å²) in [5, 5.41) is 31.0. The number of aryl methyl sites for hydroxylation is 2. The van der Waals surface area contributed by atoms with E-state index < -0.39 is 11.6 Å². The van der Waals surface area contributed by atoms with Crippen LogP contribution in [0.1, 0.15) is 30.1 Å². The first-order valence-electron chi connectivity index (χ1n) is 14.0. The van der Waals surface area contributed by atoms with Gasteiger partial charge in [0.1, 0.15) is 29.7 Å². The fraction of sp³-hybridized carbons (Fsp3) is 0.250. The number of hydrogen-bond acceptors (Lipinski definition) is 6. The number of nitrogens with zero attached hydrogens (tertiary/aromatic N) is 6. The molecule has 1 saturated carbocycles. The molecule has 2 N–H and O–H groups in total. The van der Waals surface area contributed by atoms with Crippen LogP contribution in [0.25, 0.3) is 49.5 Å². The highest BCUT2D eigenvalue weighted by Crippen LogP contribution is 2.49. The van der Waals surface area contributed by atoms with Crippen molar-refractivity contribution in [1.29, 1.82) is 5.26 Å². The van der Waals surface area contributed by atoms with E-state index in [1.807, 2.05) is 6.07 Å². The fourth-order valence-electron chi connectivity index (χ4n) is 7.16. The largest absolute Gasteiger partial charge is 0.507 e. The van der Waals surface area contributed by atoms with Gasteiger partial charge in [0.2, 0.25) is 0 Å². The SMILES string of the molecule is Cc1cc2c(-n3cncn3)nc3c(F)c(-c4c(O)ccc5ccc(F)cc45)c(CCC#N)cc3c2n1[C@H]1[C@H]2CN[C@@H]1C2. The van der Waals surface area contributed by atoms with Crippen molar-refractivity contribution in [3.8, 4) is 28.8 Å². The summed E-state index contributed by atoms with van der Waals surface area (Å²) in [6.07, 6.45) is 4.43. The molecular formula is C32H25F2N7O. The van der Waals surface area contributed by atoms with Gasteiger partial charge in [0.25, 0.3) is 0 Å². The molecule has 0 amide bonds. The van der Waals surface area contributed by atoms with Gasteiger partial charge in [0.15, 0.2) is 11.6 Å². The van der Waals surface area contributed by atoms with Crippen LogP contribution < -0.4 is 5.32 Å². The molecule has 8 nitrogen and oxygen atoms in total. The smallest absolute Gasteiger partial charge is 0.165 e. The Balaban J connectivity index is 1.52. The number of rotatable bonds is 5. The van der Waals surface area contributed by atoms with E-state index in [4.69, 9.17) is 4.98 Å². The predicted octanol–water partition coefficient (Wildman–Crippen LogP) is 5.87. The third-order valence-electron chi connectivity index (χ3n) is 9.01. The molecule has 2 aliphatic heterocycles. The normalized spacial score (nSPS) is 19.5. The minimum atomic E-state index is -0.643. The third kappa shape index (κ3) is 3.43. The molecule has 3 aromatic carbocycles. The minimum Gasteiger partial charge on any atom is -0.507 e. The predicted molar refractivity (Wildman–Crippen MR) is 154 cm³/mol. The Bertz CT molecular complexity index is 2090. The highest BCUT2D eigenvalue weighted by molar-refractivity contribution is 6.11. The number of hydrogen-bond donors (Lipinski definition) is 2. The van der Waals surface area contributed by atoms with Crippen LogP contribution >= 0.6 is 0 Å². The molecule has 3 aliphatic rings. The van der Waals surface area contributed by atoms with Crippen LogP contribution in [0.2, 0.25) is 0 Å². The Morgan fingerprint density at radius 2 is 1.95 bits per heavy atom. The maximum Gasteiger partial charge on any atom is 0.165 e. The average Bonchev–Trinajstić information content (AvgIpc) is 3.78. The van der Waals surface area contributed by atoms with Crippen molar-refractivity contribution in [2.75, 3.05) is 6.54 Å². The minimum absolute atomic E-state index is 0.107. The standard InChI is InChI=1S/C32H25F2N7O/c1-16-9-23-31(41(16)30-19-11-24(30)37-13-19)22-10-18(3-2-8-35)26(28(34)29(22)39-32(23)40-15-36-14-38-40)27-21-12-20(33)6-4-17(21)5-7-25(27)42/h4-7,9-10,12,14-15,19,24,30,37,42H,2-3,11,13H2,1H3/t19-,24-,30+/m1/s1. The summed E-state index contributed by atoms with van der Waals surface area (Å²) in [7, 11) is 0. The van der Waals surface area contributed by atoms with E-state index in [0.29, 0.717) is 39.5 Å². The maximum atomic E-state index is 17.2. The quantitative estimate of drug-likeness (QED) is 0.273. The second-order valence-electron chi connectivity index (χ2n) is 11.3. The molecule has 0 spiro atoms. The van der Waals surface area contributed by atoms with Crippen molar-refractivity contribution in [2.24, 2.45) is 5.92 Å². The van der Waals surface area contributed by atoms with Gasteiger partial charge in [-0.2, -0.15) is 10.4 Å². The van der Waals surface area contributed by atoms with E-state index >= 15 is 4.39 Å². The van der Waals surface area contributed by atoms with Crippen LogP contribution in [0, 0.1) is 35.8 Å². The molecule has 2 bridgehead atoms. The highest BCUT2D eigenvalue weighted by Gasteiger charge is 2.48. The number of phenols is 1. The topological polar surface area (TPSA) is 105 Å². The van der Waals surface area contributed by atoms with Gasteiger partial charge in [-0.05, 0) is 72.4 Å². The van der Waals surface area contributed by atoms with Crippen LogP contribution in [0.5, 0.6) is 5.75 Å². The lowest BCUT2D eigenvalue weighted by Gasteiger charge is -2.37. The second kappa shape index (κ2) is 9.06. The van der Waals surface area contributed by atoms with Crippen molar-refractivity contribution < 1.29 is 13.9 Å². The van der Waals surface area contributed by atoms with Gasteiger partial charge in [-0.3, -0.25) is 0 Å². The molecule has 1 aliphatic carbocycles. The first kappa shape index (κ1) is 24.9. The molecule has 0 radical (unpaired) electrons. The van der Waals surface area contributed by atoms with E-state index in [1.54, 1.807) is 12.1 Å². The Kier molecular flexibility index (Phi) is 5.37. The average molecular weight is 562 g/mol. The third-order valence-corrected chi connectivity index (χ3v) is 9.01.